The molecule has 0 atom stereocenters. The van der Waals surface area contributed by atoms with E-state index < -0.39 is 0 Å². The lowest BCUT2D eigenvalue weighted by Gasteiger charge is -2.36. The Morgan fingerprint density at radius 1 is 1.21 bits per heavy atom. The molecule has 5 nitrogen and oxygen atoms in total. The minimum atomic E-state index is 0.783. The standard InChI is InChI=1S/C19H30N4O/c1-20-19(21-11-7-17-24-2)23-15-13-22(14-16-23)12-6-10-18-8-4-3-5-9-18/h3-6,8-10H,7,11-17H2,1-2H3,(H,20,21). The van der Waals surface area contributed by atoms with E-state index in [9.17, 15) is 0 Å². The summed E-state index contributed by atoms with van der Waals surface area (Å²) >= 11 is 0. The molecule has 0 aliphatic carbocycles. The maximum atomic E-state index is 5.08. The fourth-order valence-electron chi connectivity index (χ4n) is 2.79. The van der Waals surface area contributed by atoms with Crippen LogP contribution < -0.4 is 5.32 Å². The van der Waals surface area contributed by atoms with Gasteiger partial charge in [0.1, 0.15) is 0 Å². The van der Waals surface area contributed by atoms with Gasteiger partial charge in [-0.2, -0.15) is 0 Å². The van der Waals surface area contributed by atoms with E-state index in [1.54, 1.807) is 7.11 Å². The Kier molecular flexibility index (Phi) is 8.35. The number of methoxy groups -OCH3 is 1. The second kappa shape index (κ2) is 10.8. The number of nitrogens with one attached hydrogen (secondary N) is 1. The molecule has 1 N–H and O–H groups in total. The van der Waals surface area contributed by atoms with Gasteiger partial charge in [-0.05, 0) is 12.0 Å². The van der Waals surface area contributed by atoms with Gasteiger partial charge in [0.2, 0.25) is 0 Å². The molecular formula is C19H30N4O. The highest BCUT2D eigenvalue weighted by molar-refractivity contribution is 5.79. The fourth-order valence-corrected chi connectivity index (χ4v) is 2.79. The molecule has 1 heterocycles. The van der Waals surface area contributed by atoms with Crippen LogP contribution in [0.15, 0.2) is 41.4 Å². The van der Waals surface area contributed by atoms with Gasteiger partial charge in [0.15, 0.2) is 5.96 Å². The topological polar surface area (TPSA) is 40.1 Å². The van der Waals surface area contributed by atoms with Gasteiger partial charge in [0.25, 0.3) is 0 Å². The van der Waals surface area contributed by atoms with E-state index in [1.807, 2.05) is 13.1 Å². The van der Waals surface area contributed by atoms with Gasteiger partial charge < -0.3 is 15.0 Å². The van der Waals surface area contributed by atoms with Crippen LogP contribution in [-0.2, 0) is 4.74 Å². The van der Waals surface area contributed by atoms with Crippen molar-refractivity contribution in [2.45, 2.75) is 6.42 Å². The molecule has 24 heavy (non-hydrogen) atoms. The lowest BCUT2D eigenvalue weighted by Crippen LogP contribution is -2.52. The third-order valence-corrected chi connectivity index (χ3v) is 4.17. The Hall–Kier alpha value is -1.85. The molecule has 5 heteroatoms. The minimum Gasteiger partial charge on any atom is -0.385 e. The summed E-state index contributed by atoms with van der Waals surface area (Å²) in [4.78, 5) is 9.21. The summed E-state index contributed by atoms with van der Waals surface area (Å²) in [5.74, 6) is 1.01. The van der Waals surface area contributed by atoms with Crippen LogP contribution in [0.4, 0.5) is 0 Å². The summed E-state index contributed by atoms with van der Waals surface area (Å²) < 4.78 is 5.08. The molecule has 0 unspecified atom stereocenters. The molecule has 0 spiro atoms. The molecule has 132 valence electrons. The summed E-state index contributed by atoms with van der Waals surface area (Å²) in [6.45, 7) is 6.86. The van der Waals surface area contributed by atoms with Crippen LogP contribution in [0.2, 0.25) is 0 Å². The average molecular weight is 330 g/mol. The highest BCUT2D eigenvalue weighted by atomic mass is 16.5. The van der Waals surface area contributed by atoms with Gasteiger partial charge in [-0.1, -0.05) is 42.5 Å². The van der Waals surface area contributed by atoms with Gasteiger partial charge in [0, 0.05) is 60.0 Å². The minimum absolute atomic E-state index is 0.783. The lowest BCUT2D eigenvalue weighted by atomic mass is 10.2. The van der Waals surface area contributed by atoms with Crippen LogP contribution in [0.25, 0.3) is 6.08 Å². The monoisotopic (exact) mass is 330 g/mol. The Morgan fingerprint density at radius 3 is 2.62 bits per heavy atom. The number of hydrogen-bond donors (Lipinski definition) is 1. The average Bonchev–Trinajstić information content (AvgIpc) is 2.64. The van der Waals surface area contributed by atoms with Crippen LogP contribution >= 0.6 is 0 Å². The van der Waals surface area contributed by atoms with E-state index in [2.05, 4.69) is 56.5 Å². The summed E-state index contributed by atoms with van der Waals surface area (Å²) in [5, 5.41) is 3.42. The zero-order chi connectivity index (χ0) is 17.0. The second-order valence-corrected chi connectivity index (χ2v) is 5.92. The normalized spacial score (nSPS) is 16.8. The Balaban J connectivity index is 1.69. The van der Waals surface area contributed by atoms with Crippen molar-refractivity contribution in [3.63, 3.8) is 0 Å². The molecule has 1 aliphatic rings. The van der Waals surface area contributed by atoms with Crippen molar-refractivity contribution in [1.82, 2.24) is 15.1 Å². The van der Waals surface area contributed by atoms with Crippen molar-refractivity contribution < 1.29 is 4.74 Å². The SMILES string of the molecule is CN=C(NCCCOC)N1CCN(CC=Cc2ccccc2)CC1. The van der Waals surface area contributed by atoms with Crippen molar-refractivity contribution in [3.8, 4) is 0 Å². The third-order valence-electron chi connectivity index (χ3n) is 4.17. The molecule has 1 fully saturated rings. The number of hydrogen-bond acceptors (Lipinski definition) is 3. The Morgan fingerprint density at radius 2 is 1.96 bits per heavy atom. The van der Waals surface area contributed by atoms with E-state index >= 15 is 0 Å². The van der Waals surface area contributed by atoms with Crippen molar-refractivity contribution in [2.24, 2.45) is 4.99 Å². The molecule has 1 aliphatic heterocycles. The highest BCUT2D eigenvalue weighted by Crippen LogP contribution is 2.05. The summed E-state index contributed by atoms with van der Waals surface area (Å²) in [6, 6.07) is 10.5. The number of ether oxygens (including phenoxy) is 1. The van der Waals surface area contributed by atoms with Gasteiger partial charge in [-0.15, -0.1) is 0 Å². The van der Waals surface area contributed by atoms with Crippen LogP contribution in [0, 0.1) is 0 Å². The van der Waals surface area contributed by atoms with Crippen LogP contribution in [-0.4, -0.2) is 75.8 Å². The zero-order valence-electron chi connectivity index (χ0n) is 14.9. The third kappa shape index (κ3) is 6.34. The highest BCUT2D eigenvalue weighted by Gasteiger charge is 2.18. The second-order valence-electron chi connectivity index (χ2n) is 5.92. The van der Waals surface area contributed by atoms with Crippen LogP contribution in [0.5, 0.6) is 0 Å². The molecule has 1 aromatic rings. The molecule has 0 bridgehead atoms. The van der Waals surface area contributed by atoms with Gasteiger partial charge >= 0.3 is 0 Å². The lowest BCUT2D eigenvalue weighted by molar-refractivity contribution is 0.189. The molecule has 1 aromatic carbocycles. The van der Waals surface area contributed by atoms with Crippen molar-refractivity contribution in [2.75, 3.05) is 60.0 Å². The van der Waals surface area contributed by atoms with E-state index in [0.717, 1.165) is 58.3 Å². The first kappa shape index (κ1) is 18.5. The van der Waals surface area contributed by atoms with Gasteiger partial charge in [0.05, 0.1) is 0 Å². The molecule has 0 aromatic heterocycles. The number of rotatable bonds is 7. The maximum absolute atomic E-state index is 5.08. The predicted octanol–water partition coefficient (Wildman–Crippen LogP) is 1.93. The molecule has 1 saturated heterocycles. The molecule has 0 saturated carbocycles. The first-order chi connectivity index (χ1) is 11.8. The maximum Gasteiger partial charge on any atom is 0.193 e. The molecule has 0 radical (unpaired) electrons. The first-order valence-electron chi connectivity index (χ1n) is 8.72. The van der Waals surface area contributed by atoms with Crippen molar-refractivity contribution in [3.05, 3.63) is 42.0 Å². The zero-order valence-corrected chi connectivity index (χ0v) is 14.9. The Bertz CT molecular complexity index is 507. The molecular weight excluding hydrogens is 300 g/mol. The number of guanidine groups is 1. The van der Waals surface area contributed by atoms with E-state index in [-0.39, 0.29) is 0 Å². The van der Waals surface area contributed by atoms with Crippen molar-refractivity contribution >= 4 is 12.0 Å². The predicted molar refractivity (Wildman–Crippen MR) is 101 cm³/mol. The van der Waals surface area contributed by atoms with Crippen LogP contribution in [0.1, 0.15) is 12.0 Å². The van der Waals surface area contributed by atoms with E-state index in [1.165, 1.54) is 5.56 Å². The summed E-state index contributed by atoms with van der Waals surface area (Å²) in [5.41, 5.74) is 1.26. The van der Waals surface area contributed by atoms with E-state index in [0.29, 0.717) is 0 Å². The number of benzene rings is 1. The molecule has 2 rings (SSSR count). The van der Waals surface area contributed by atoms with Crippen LogP contribution in [0.3, 0.4) is 0 Å². The fraction of sp³-hybridized carbons (Fsp3) is 0.526. The van der Waals surface area contributed by atoms with Gasteiger partial charge in [-0.25, -0.2) is 0 Å². The number of nitrogens with zero attached hydrogens (tertiary/aromatic N) is 3. The number of aliphatic imine (C=N–C) groups is 1. The quantitative estimate of drug-likeness (QED) is 0.471. The van der Waals surface area contributed by atoms with E-state index in [4.69, 9.17) is 4.74 Å². The first-order valence-corrected chi connectivity index (χ1v) is 8.72. The summed E-state index contributed by atoms with van der Waals surface area (Å²) in [7, 11) is 3.59. The Labute approximate surface area is 146 Å². The van der Waals surface area contributed by atoms with Gasteiger partial charge in [-0.3, -0.25) is 9.89 Å². The smallest absolute Gasteiger partial charge is 0.193 e. The largest absolute Gasteiger partial charge is 0.385 e. The van der Waals surface area contributed by atoms with Crippen molar-refractivity contribution in [1.29, 1.82) is 0 Å². The summed E-state index contributed by atoms with van der Waals surface area (Å²) in [6.07, 6.45) is 5.45. The number of piperazine rings is 1. The molecule has 0 amide bonds.